The predicted octanol–water partition coefficient (Wildman–Crippen LogP) is 2.90. The summed E-state index contributed by atoms with van der Waals surface area (Å²) in [4.78, 5) is 27.1. The number of anilines is 1. The molecule has 6 heteroatoms. The molecule has 1 aromatic carbocycles. The largest absolute Gasteiger partial charge is 0.337 e. The van der Waals surface area contributed by atoms with Crippen LogP contribution in [-0.4, -0.2) is 39.6 Å². The fourth-order valence-electron chi connectivity index (χ4n) is 3.87. The van der Waals surface area contributed by atoms with Crippen LogP contribution < -0.4 is 5.32 Å². The summed E-state index contributed by atoms with van der Waals surface area (Å²) in [6, 6.07) is 5.74. The third-order valence-corrected chi connectivity index (χ3v) is 5.54. The highest BCUT2D eigenvalue weighted by Crippen LogP contribution is 2.38. The van der Waals surface area contributed by atoms with Crippen LogP contribution in [-0.2, 0) is 10.2 Å². The molecule has 1 unspecified atom stereocenters. The van der Waals surface area contributed by atoms with E-state index in [2.05, 4.69) is 10.4 Å². The van der Waals surface area contributed by atoms with Crippen molar-refractivity contribution >= 4 is 17.5 Å². The second-order valence-corrected chi connectivity index (χ2v) is 7.88. The van der Waals surface area contributed by atoms with Crippen molar-refractivity contribution in [2.45, 2.75) is 45.1 Å². The van der Waals surface area contributed by atoms with Crippen LogP contribution >= 0.6 is 0 Å². The highest BCUT2D eigenvalue weighted by molar-refractivity contribution is 6.07. The number of carbonyl (C=O) groups is 2. The van der Waals surface area contributed by atoms with Gasteiger partial charge in [0, 0.05) is 30.5 Å². The minimum Gasteiger partial charge on any atom is -0.337 e. The van der Waals surface area contributed by atoms with E-state index in [9.17, 15) is 9.59 Å². The summed E-state index contributed by atoms with van der Waals surface area (Å²) in [5, 5.41) is 7.30. The molecule has 1 aromatic heterocycles. The first kappa shape index (κ1) is 16.8. The van der Waals surface area contributed by atoms with Crippen molar-refractivity contribution < 1.29 is 9.59 Å². The average Bonchev–Trinajstić information content (AvgIpc) is 3.16. The number of aromatic nitrogens is 2. The predicted molar refractivity (Wildman–Crippen MR) is 99.2 cm³/mol. The minimum absolute atomic E-state index is 0.0239. The molecule has 1 fully saturated rings. The Morgan fingerprint density at radius 2 is 2.15 bits per heavy atom. The second kappa shape index (κ2) is 5.97. The van der Waals surface area contributed by atoms with Gasteiger partial charge in [0.05, 0.1) is 17.7 Å². The van der Waals surface area contributed by atoms with Gasteiger partial charge < -0.3 is 10.2 Å². The molecule has 4 rings (SSSR count). The Hall–Kier alpha value is -2.63. The Bertz CT molecular complexity index is 884. The standard InChI is InChI=1S/C20H24N4O2/c1-13-10-21-24(11-13)15-5-4-8-23(12-15)18(25)14-6-7-17-16(9-14)20(2,3)19(26)22-17/h6-7,9-11,15H,4-5,8,12H2,1-3H3,(H,22,26). The number of nitrogens with one attached hydrogen (secondary N) is 1. The molecular weight excluding hydrogens is 328 g/mol. The van der Waals surface area contributed by atoms with E-state index in [0.29, 0.717) is 12.1 Å². The molecule has 26 heavy (non-hydrogen) atoms. The number of nitrogens with zero attached hydrogens (tertiary/aromatic N) is 3. The quantitative estimate of drug-likeness (QED) is 0.904. The molecule has 2 aliphatic rings. The van der Waals surface area contributed by atoms with Gasteiger partial charge in [0.2, 0.25) is 5.91 Å². The van der Waals surface area contributed by atoms with Crippen molar-refractivity contribution in [2.24, 2.45) is 0 Å². The third kappa shape index (κ3) is 2.69. The van der Waals surface area contributed by atoms with Crippen molar-refractivity contribution in [1.29, 1.82) is 0 Å². The molecule has 0 saturated carbocycles. The van der Waals surface area contributed by atoms with Crippen LogP contribution in [0.15, 0.2) is 30.6 Å². The van der Waals surface area contributed by atoms with Gasteiger partial charge >= 0.3 is 0 Å². The average molecular weight is 352 g/mol. The topological polar surface area (TPSA) is 67.2 Å². The summed E-state index contributed by atoms with van der Waals surface area (Å²) < 4.78 is 1.98. The molecule has 6 nitrogen and oxygen atoms in total. The summed E-state index contributed by atoms with van der Waals surface area (Å²) >= 11 is 0. The SMILES string of the molecule is Cc1cnn(C2CCCN(C(=O)c3ccc4c(c3)C(C)(C)C(=O)N4)C2)c1. The van der Waals surface area contributed by atoms with E-state index in [1.54, 1.807) is 0 Å². The molecule has 3 heterocycles. The molecule has 2 aliphatic heterocycles. The molecule has 2 amide bonds. The normalized spacial score (nSPS) is 21.4. The lowest BCUT2D eigenvalue weighted by Crippen LogP contribution is -2.41. The van der Waals surface area contributed by atoms with Gasteiger partial charge in [-0.1, -0.05) is 0 Å². The number of hydrogen-bond acceptors (Lipinski definition) is 3. The molecule has 136 valence electrons. The molecule has 0 aliphatic carbocycles. The van der Waals surface area contributed by atoms with E-state index in [0.717, 1.165) is 36.2 Å². The smallest absolute Gasteiger partial charge is 0.253 e. The van der Waals surface area contributed by atoms with E-state index >= 15 is 0 Å². The number of hydrogen-bond donors (Lipinski definition) is 1. The number of rotatable bonds is 2. The Kier molecular flexibility index (Phi) is 3.86. The molecular formula is C20H24N4O2. The first-order valence-corrected chi connectivity index (χ1v) is 9.12. The molecule has 1 atom stereocenters. The lowest BCUT2D eigenvalue weighted by atomic mass is 9.85. The zero-order valence-corrected chi connectivity index (χ0v) is 15.5. The van der Waals surface area contributed by atoms with Gasteiger partial charge in [-0.3, -0.25) is 14.3 Å². The molecule has 1 saturated heterocycles. The van der Waals surface area contributed by atoms with Crippen molar-refractivity contribution in [3.05, 3.63) is 47.3 Å². The lowest BCUT2D eigenvalue weighted by Gasteiger charge is -2.33. The van der Waals surface area contributed by atoms with Gasteiger partial charge in [-0.25, -0.2) is 0 Å². The van der Waals surface area contributed by atoms with E-state index in [-0.39, 0.29) is 17.9 Å². The number of likely N-dealkylation sites (tertiary alicyclic amines) is 1. The van der Waals surface area contributed by atoms with Crippen molar-refractivity contribution in [2.75, 3.05) is 18.4 Å². The highest BCUT2D eigenvalue weighted by Gasteiger charge is 2.39. The maximum Gasteiger partial charge on any atom is 0.253 e. The maximum atomic E-state index is 13.1. The number of fused-ring (bicyclic) bond motifs is 1. The van der Waals surface area contributed by atoms with E-state index < -0.39 is 5.41 Å². The number of amides is 2. The van der Waals surface area contributed by atoms with E-state index in [4.69, 9.17) is 0 Å². The molecule has 0 bridgehead atoms. The van der Waals surface area contributed by atoms with Crippen molar-refractivity contribution in [1.82, 2.24) is 14.7 Å². The molecule has 0 spiro atoms. The molecule has 2 aromatic rings. The zero-order chi connectivity index (χ0) is 18.5. The minimum atomic E-state index is -0.608. The van der Waals surface area contributed by atoms with E-state index in [1.165, 1.54) is 0 Å². The Labute approximate surface area is 153 Å². The van der Waals surface area contributed by atoms with Crippen LogP contribution in [0.4, 0.5) is 5.69 Å². The second-order valence-electron chi connectivity index (χ2n) is 7.88. The fraction of sp³-hybridized carbons (Fsp3) is 0.450. The number of benzene rings is 1. The first-order valence-electron chi connectivity index (χ1n) is 9.12. The summed E-state index contributed by atoms with van der Waals surface area (Å²) in [7, 11) is 0. The van der Waals surface area contributed by atoms with Crippen LogP contribution in [0.2, 0.25) is 0 Å². The fourth-order valence-corrected chi connectivity index (χ4v) is 3.87. The molecule has 0 radical (unpaired) electrons. The third-order valence-electron chi connectivity index (χ3n) is 5.54. The number of piperidine rings is 1. The van der Waals surface area contributed by atoms with Crippen molar-refractivity contribution in [3.63, 3.8) is 0 Å². The molecule has 1 N–H and O–H groups in total. The number of carbonyl (C=O) groups excluding carboxylic acids is 2. The Morgan fingerprint density at radius 3 is 2.88 bits per heavy atom. The van der Waals surface area contributed by atoms with Crippen molar-refractivity contribution in [3.8, 4) is 0 Å². The van der Waals surface area contributed by atoms with Gasteiger partial charge in [0.15, 0.2) is 0 Å². The maximum absolute atomic E-state index is 13.1. The monoisotopic (exact) mass is 352 g/mol. The number of aryl methyl sites for hydroxylation is 1. The summed E-state index contributed by atoms with van der Waals surface area (Å²) in [5.74, 6) is 0.000662. The zero-order valence-electron chi connectivity index (χ0n) is 15.5. The van der Waals surface area contributed by atoms with Gasteiger partial charge in [0.25, 0.3) is 5.91 Å². The van der Waals surface area contributed by atoms with Crippen LogP contribution in [0.25, 0.3) is 0 Å². The van der Waals surface area contributed by atoms with Crippen LogP contribution in [0.1, 0.15) is 54.2 Å². The van der Waals surface area contributed by atoms with Crippen LogP contribution in [0.3, 0.4) is 0 Å². The Balaban J connectivity index is 1.56. The van der Waals surface area contributed by atoms with Gasteiger partial charge in [-0.2, -0.15) is 5.10 Å². The highest BCUT2D eigenvalue weighted by atomic mass is 16.2. The first-order chi connectivity index (χ1) is 12.4. The summed E-state index contributed by atoms with van der Waals surface area (Å²) in [6.07, 6.45) is 5.88. The lowest BCUT2D eigenvalue weighted by molar-refractivity contribution is -0.119. The summed E-state index contributed by atoms with van der Waals surface area (Å²) in [6.45, 7) is 7.22. The van der Waals surface area contributed by atoms with E-state index in [1.807, 2.05) is 60.9 Å². The Morgan fingerprint density at radius 1 is 1.35 bits per heavy atom. The van der Waals surface area contributed by atoms with Gasteiger partial charge in [-0.15, -0.1) is 0 Å². The van der Waals surface area contributed by atoms with Crippen LogP contribution in [0.5, 0.6) is 0 Å². The van der Waals surface area contributed by atoms with Gasteiger partial charge in [-0.05, 0) is 62.9 Å². The summed E-state index contributed by atoms with van der Waals surface area (Å²) in [5.41, 5.74) is 2.87. The van der Waals surface area contributed by atoms with Crippen LogP contribution in [0, 0.1) is 6.92 Å². The van der Waals surface area contributed by atoms with Gasteiger partial charge in [0.1, 0.15) is 0 Å².